The van der Waals surface area contributed by atoms with E-state index >= 15 is 0 Å². The maximum absolute atomic E-state index is 5.82. The van der Waals surface area contributed by atoms with E-state index < -0.39 is 0 Å². The molecular weight excluding hydrogens is 364 g/mol. The van der Waals surface area contributed by atoms with Crippen LogP contribution in [0.1, 0.15) is 10.9 Å². The number of thiophene rings is 1. The molecular formula is C12H12Br2N2S. The second kappa shape index (κ2) is 6.00. The molecule has 0 bridgehead atoms. The molecule has 0 saturated carbocycles. The van der Waals surface area contributed by atoms with E-state index in [1.807, 2.05) is 30.3 Å². The Morgan fingerprint density at radius 1 is 1.18 bits per heavy atom. The van der Waals surface area contributed by atoms with Crippen LogP contribution in [-0.4, -0.2) is 6.54 Å². The molecule has 17 heavy (non-hydrogen) atoms. The Hall–Kier alpha value is -0.360. The Morgan fingerprint density at radius 2 is 1.88 bits per heavy atom. The fourth-order valence-electron chi connectivity index (χ4n) is 1.53. The summed E-state index contributed by atoms with van der Waals surface area (Å²) in [7, 11) is 0. The smallest absolute Gasteiger partial charge is 0.0739 e. The van der Waals surface area contributed by atoms with Crippen LogP contribution < -0.4 is 11.1 Å². The lowest BCUT2D eigenvalue weighted by Gasteiger charge is -2.17. The molecule has 2 rings (SSSR count). The minimum absolute atomic E-state index is 0.144. The second-order valence-corrected chi connectivity index (χ2v) is 6.29. The number of anilines is 1. The van der Waals surface area contributed by atoms with Crippen LogP contribution in [0.2, 0.25) is 0 Å². The molecule has 0 radical (unpaired) electrons. The van der Waals surface area contributed by atoms with Gasteiger partial charge in [0, 0.05) is 26.1 Å². The summed E-state index contributed by atoms with van der Waals surface area (Å²) in [4.78, 5) is 1.23. The molecule has 0 spiro atoms. The van der Waals surface area contributed by atoms with E-state index in [1.165, 1.54) is 4.88 Å². The molecule has 90 valence electrons. The van der Waals surface area contributed by atoms with Crippen LogP contribution in [0.3, 0.4) is 0 Å². The number of hydrogen-bond acceptors (Lipinski definition) is 3. The highest BCUT2D eigenvalue weighted by Crippen LogP contribution is 2.31. The molecule has 2 aromatic rings. The number of benzene rings is 1. The SMILES string of the molecule is NCC(Nc1ccc(Br)cc1)c1sccc1Br. The van der Waals surface area contributed by atoms with Crippen LogP contribution in [0, 0.1) is 0 Å². The molecule has 1 heterocycles. The highest BCUT2D eigenvalue weighted by Gasteiger charge is 2.13. The molecule has 0 aliphatic heterocycles. The van der Waals surface area contributed by atoms with Crippen molar-refractivity contribution in [3.63, 3.8) is 0 Å². The standard InChI is InChI=1S/C12H12Br2N2S/c13-8-1-3-9(4-2-8)16-11(7-15)12-10(14)5-6-17-12/h1-6,11,16H,7,15H2. The summed E-state index contributed by atoms with van der Waals surface area (Å²) >= 11 is 8.67. The van der Waals surface area contributed by atoms with E-state index in [2.05, 4.69) is 42.6 Å². The van der Waals surface area contributed by atoms with E-state index in [0.29, 0.717) is 6.54 Å². The van der Waals surface area contributed by atoms with Crippen molar-refractivity contribution < 1.29 is 0 Å². The normalized spacial score (nSPS) is 12.4. The lowest BCUT2D eigenvalue weighted by atomic mass is 10.2. The summed E-state index contributed by atoms with van der Waals surface area (Å²) in [5, 5.41) is 5.49. The zero-order valence-corrected chi connectivity index (χ0v) is 13.0. The minimum atomic E-state index is 0.144. The van der Waals surface area contributed by atoms with Crippen molar-refractivity contribution in [2.24, 2.45) is 5.73 Å². The van der Waals surface area contributed by atoms with Gasteiger partial charge in [0.1, 0.15) is 0 Å². The summed E-state index contributed by atoms with van der Waals surface area (Å²) in [5.41, 5.74) is 6.90. The van der Waals surface area contributed by atoms with Gasteiger partial charge in [-0.25, -0.2) is 0 Å². The topological polar surface area (TPSA) is 38.0 Å². The molecule has 3 N–H and O–H groups in total. The molecule has 0 fully saturated rings. The third-order valence-electron chi connectivity index (χ3n) is 2.38. The van der Waals surface area contributed by atoms with Crippen LogP contribution in [0.25, 0.3) is 0 Å². The predicted octanol–water partition coefficient (Wildman–Crippen LogP) is 4.39. The molecule has 1 aromatic carbocycles. The largest absolute Gasteiger partial charge is 0.376 e. The Labute approximate surface area is 121 Å². The summed E-state index contributed by atoms with van der Waals surface area (Å²) in [6.45, 7) is 0.565. The van der Waals surface area contributed by atoms with E-state index in [-0.39, 0.29) is 6.04 Å². The maximum Gasteiger partial charge on any atom is 0.0739 e. The fraction of sp³-hybridized carbons (Fsp3) is 0.167. The van der Waals surface area contributed by atoms with Gasteiger partial charge >= 0.3 is 0 Å². The van der Waals surface area contributed by atoms with Crippen molar-refractivity contribution in [2.45, 2.75) is 6.04 Å². The van der Waals surface area contributed by atoms with E-state index in [9.17, 15) is 0 Å². The Kier molecular flexibility index (Phi) is 4.62. The third-order valence-corrected chi connectivity index (χ3v) is 4.90. The Bertz CT molecular complexity index is 482. The first-order chi connectivity index (χ1) is 8.20. The highest BCUT2D eigenvalue weighted by molar-refractivity contribution is 9.10. The van der Waals surface area contributed by atoms with Crippen LogP contribution in [0.4, 0.5) is 5.69 Å². The maximum atomic E-state index is 5.82. The van der Waals surface area contributed by atoms with Crippen LogP contribution in [-0.2, 0) is 0 Å². The number of nitrogens with one attached hydrogen (secondary N) is 1. The average Bonchev–Trinajstić information content (AvgIpc) is 2.75. The van der Waals surface area contributed by atoms with Crippen molar-refractivity contribution in [1.29, 1.82) is 0 Å². The molecule has 1 aromatic heterocycles. The fourth-order valence-corrected chi connectivity index (χ4v) is 3.51. The molecule has 0 saturated heterocycles. The minimum Gasteiger partial charge on any atom is -0.376 e. The van der Waals surface area contributed by atoms with E-state index in [4.69, 9.17) is 5.73 Å². The van der Waals surface area contributed by atoms with Gasteiger partial charge < -0.3 is 11.1 Å². The summed E-state index contributed by atoms with van der Waals surface area (Å²) < 4.78 is 2.19. The number of nitrogens with two attached hydrogens (primary N) is 1. The van der Waals surface area contributed by atoms with Crippen LogP contribution >= 0.6 is 43.2 Å². The van der Waals surface area contributed by atoms with Crippen molar-refractivity contribution in [3.8, 4) is 0 Å². The quantitative estimate of drug-likeness (QED) is 0.831. The molecule has 0 aliphatic rings. The predicted molar refractivity (Wildman–Crippen MR) is 81.6 cm³/mol. The number of hydrogen-bond donors (Lipinski definition) is 2. The number of rotatable bonds is 4. The summed E-state index contributed by atoms with van der Waals surface area (Å²) in [6.07, 6.45) is 0. The lowest BCUT2D eigenvalue weighted by Crippen LogP contribution is -2.19. The van der Waals surface area contributed by atoms with Crippen molar-refractivity contribution >= 4 is 48.9 Å². The summed E-state index contributed by atoms with van der Waals surface area (Å²) in [6, 6.07) is 10.3. The molecule has 1 atom stereocenters. The van der Waals surface area contributed by atoms with E-state index in [0.717, 1.165) is 14.6 Å². The highest BCUT2D eigenvalue weighted by atomic mass is 79.9. The first-order valence-electron chi connectivity index (χ1n) is 5.16. The Balaban J connectivity index is 2.16. The van der Waals surface area contributed by atoms with Gasteiger partial charge in [-0.3, -0.25) is 0 Å². The van der Waals surface area contributed by atoms with Gasteiger partial charge in [-0.2, -0.15) is 0 Å². The molecule has 2 nitrogen and oxygen atoms in total. The monoisotopic (exact) mass is 374 g/mol. The van der Waals surface area contributed by atoms with Gasteiger partial charge in [0.15, 0.2) is 0 Å². The molecule has 0 aliphatic carbocycles. The van der Waals surface area contributed by atoms with Crippen molar-refractivity contribution in [1.82, 2.24) is 0 Å². The van der Waals surface area contributed by atoms with E-state index in [1.54, 1.807) is 11.3 Å². The van der Waals surface area contributed by atoms with Gasteiger partial charge in [0.2, 0.25) is 0 Å². The first kappa shape index (κ1) is 13.1. The Morgan fingerprint density at radius 3 is 2.41 bits per heavy atom. The van der Waals surface area contributed by atoms with Gasteiger partial charge in [-0.1, -0.05) is 15.9 Å². The average molecular weight is 376 g/mol. The van der Waals surface area contributed by atoms with Gasteiger partial charge in [-0.15, -0.1) is 11.3 Å². The second-order valence-electron chi connectivity index (χ2n) is 3.57. The first-order valence-corrected chi connectivity index (χ1v) is 7.62. The summed E-state index contributed by atoms with van der Waals surface area (Å²) in [5.74, 6) is 0. The van der Waals surface area contributed by atoms with Gasteiger partial charge in [0.25, 0.3) is 0 Å². The van der Waals surface area contributed by atoms with Gasteiger partial charge in [-0.05, 0) is 51.6 Å². The van der Waals surface area contributed by atoms with Crippen LogP contribution in [0.5, 0.6) is 0 Å². The molecule has 1 unspecified atom stereocenters. The zero-order valence-electron chi connectivity index (χ0n) is 8.99. The van der Waals surface area contributed by atoms with Gasteiger partial charge in [0.05, 0.1) is 6.04 Å². The number of halogens is 2. The molecule has 0 amide bonds. The van der Waals surface area contributed by atoms with Crippen molar-refractivity contribution in [2.75, 3.05) is 11.9 Å². The lowest BCUT2D eigenvalue weighted by molar-refractivity contribution is 0.802. The third kappa shape index (κ3) is 3.31. The van der Waals surface area contributed by atoms with Crippen molar-refractivity contribution in [3.05, 3.63) is 49.5 Å². The zero-order chi connectivity index (χ0) is 12.3. The molecule has 5 heteroatoms. The van der Waals surface area contributed by atoms with Crippen LogP contribution in [0.15, 0.2) is 44.7 Å².